The number of carbonyl (C=O) groups excluding carboxylic acids is 1. The number of nitrogens with one attached hydrogen (secondary N) is 2. The number of aromatic nitrogens is 1. The smallest absolute Gasteiger partial charge is 0.248 e. The van der Waals surface area contributed by atoms with E-state index in [-0.39, 0.29) is 5.91 Å². The topological polar surface area (TPSA) is 67.2 Å². The Morgan fingerprint density at radius 2 is 2.00 bits per heavy atom. The fourth-order valence-electron chi connectivity index (χ4n) is 3.32. The lowest BCUT2D eigenvalue weighted by molar-refractivity contribution is -0.116. The van der Waals surface area contributed by atoms with Crippen molar-refractivity contribution in [3.63, 3.8) is 0 Å². The minimum absolute atomic E-state index is 0.158. The van der Waals surface area contributed by atoms with Gasteiger partial charge in [-0.2, -0.15) is 0 Å². The van der Waals surface area contributed by atoms with Gasteiger partial charge in [0, 0.05) is 17.1 Å². The van der Waals surface area contributed by atoms with Crippen LogP contribution in [0.3, 0.4) is 0 Å². The van der Waals surface area contributed by atoms with E-state index in [0.717, 1.165) is 24.2 Å². The van der Waals surface area contributed by atoms with Crippen molar-refractivity contribution < 1.29 is 9.32 Å². The Balaban J connectivity index is 1.57. The third-order valence-corrected chi connectivity index (χ3v) is 4.52. The summed E-state index contributed by atoms with van der Waals surface area (Å²) < 4.78 is 5.04. The first-order valence-corrected chi connectivity index (χ1v) is 8.16. The van der Waals surface area contributed by atoms with Crippen molar-refractivity contribution in [1.82, 2.24) is 5.16 Å². The molecule has 1 amide bonds. The molecule has 5 nitrogen and oxygen atoms in total. The summed E-state index contributed by atoms with van der Waals surface area (Å²) in [6.07, 6.45) is 2.19. The molecule has 0 fully saturated rings. The molecule has 24 heavy (non-hydrogen) atoms. The van der Waals surface area contributed by atoms with Crippen LogP contribution in [-0.2, 0) is 17.6 Å². The van der Waals surface area contributed by atoms with E-state index >= 15 is 0 Å². The van der Waals surface area contributed by atoms with E-state index in [2.05, 4.69) is 46.1 Å². The first kappa shape index (κ1) is 14.8. The van der Waals surface area contributed by atoms with Gasteiger partial charge in [-0.25, -0.2) is 0 Å². The Bertz CT molecular complexity index is 919. The van der Waals surface area contributed by atoms with Crippen molar-refractivity contribution in [3.05, 3.63) is 53.2 Å². The molecule has 0 saturated heterocycles. The van der Waals surface area contributed by atoms with Crippen LogP contribution in [0, 0.1) is 6.92 Å². The molecule has 0 aliphatic heterocycles. The normalized spacial score (nSPS) is 13.9. The number of nitrogens with zero attached hydrogens (tertiary/aromatic N) is 1. The molecule has 1 atom stereocenters. The molecular formula is C19H19N3O2. The predicted molar refractivity (Wildman–Crippen MR) is 94.3 cm³/mol. The lowest BCUT2D eigenvalue weighted by Crippen LogP contribution is -2.31. The molecule has 122 valence electrons. The Morgan fingerprint density at radius 3 is 2.75 bits per heavy atom. The third kappa shape index (κ3) is 2.52. The number of amides is 1. The Labute approximate surface area is 140 Å². The molecule has 1 aliphatic carbocycles. The summed E-state index contributed by atoms with van der Waals surface area (Å²) in [5.41, 5.74) is 4.49. The van der Waals surface area contributed by atoms with Crippen LogP contribution >= 0.6 is 0 Å². The summed E-state index contributed by atoms with van der Waals surface area (Å²) in [6.45, 7) is 3.65. The van der Waals surface area contributed by atoms with Crippen molar-refractivity contribution in [2.75, 3.05) is 10.6 Å². The highest BCUT2D eigenvalue weighted by Crippen LogP contribution is 2.35. The van der Waals surface area contributed by atoms with Crippen LogP contribution in [0.2, 0.25) is 0 Å². The highest BCUT2D eigenvalue weighted by Gasteiger charge is 2.19. The molecule has 1 unspecified atom stereocenters. The average molecular weight is 321 g/mol. The van der Waals surface area contributed by atoms with Crippen LogP contribution in [0.15, 0.2) is 40.9 Å². The van der Waals surface area contributed by atoms with E-state index < -0.39 is 6.04 Å². The molecule has 4 rings (SSSR count). The second-order valence-electron chi connectivity index (χ2n) is 6.30. The molecule has 5 heteroatoms. The van der Waals surface area contributed by atoms with Gasteiger partial charge in [0.15, 0.2) is 0 Å². The molecule has 0 saturated carbocycles. The molecule has 2 N–H and O–H groups in total. The third-order valence-electron chi connectivity index (χ3n) is 4.52. The summed E-state index contributed by atoms with van der Waals surface area (Å²) >= 11 is 0. The molecule has 0 spiro atoms. The predicted octanol–water partition coefficient (Wildman–Crippen LogP) is 3.67. The molecule has 0 bridgehead atoms. The fourth-order valence-corrected chi connectivity index (χ4v) is 3.32. The lowest BCUT2D eigenvalue weighted by atomic mass is 10.0. The van der Waals surface area contributed by atoms with E-state index in [1.54, 1.807) is 6.07 Å². The van der Waals surface area contributed by atoms with Gasteiger partial charge in [-0.1, -0.05) is 29.4 Å². The lowest BCUT2D eigenvalue weighted by Gasteiger charge is -2.16. The standard InChI is InChI=1S/C19H19N3O2/c1-11-10-17(24-22-11)21-19(23)12(2)20-16-9-8-14-7-6-13-4-3-5-15(16)18(13)14/h3-5,8-10,12,20H,6-7H2,1-2H3,(H,21,23). The first-order valence-electron chi connectivity index (χ1n) is 8.16. The molecule has 2 aromatic carbocycles. The van der Waals surface area contributed by atoms with Crippen LogP contribution in [0.1, 0.15) is 23.7 Å². The second-order valence-corrected chi connectivity index (χ2v) is 6.30. The second kappa shape index (κ2) is 5.67. The van der Waals surface area contributed by atoms with Gasteiger partial charge in [0.1, 0.15) is 6.04 Å². The van der Waals surface area contributed by atoms with Crippen LogP contribution in [0.25, 0.3) is 10.8 Å². The van der Waals surface area contributed by atoms with E-state index in [0.29, 0.717) is 5.88 Å². The highest BCUT2D eigenvalue weighted by atomic mass is 16.5. The largest absolute Gasteiger partial charge is 0.373 e. The van der Waals surface area contributed by atoms with Crippen LogP contribution in [-0.4, -0.2) is 17.1 Å². The Kier molecular flexibility index (Phi) is 3.49. The minimum atomic E-state index is -0.395. The zero-order chi connectivity index (χ0) is 16.7. The van der Waals surface area contributed by atoms with Gasteiger partial charge in [0.2, 0.25) is 11.8 Å². The molecule has 1 heterocycles. The van der Waals surface area contributed by atoms with Gasteiger partial charge in [-0.05, 0) is 49.3 Å². The van der Waals surface area contributed by atoms with Crippen LogP contribution in [0.4, 0.5) is 11.6 Å². The van der Waals surface area contributed by atoms with Gasteiger partial charge in [0.05, 0.1) is 5.69 Å². The van der Waals surface area contributed by atoms with Gasteiger partial charge >= 0.3 is 0 Å². The highest BCUT2D eigenvalue weighted by molar-refractivity contribution is 6.02. The summed E-state index contributed by atoms with van der Waals surface area (Å²) in [5.74, 6) is 0.209. The zero-order valence-corrected chi connectivity index (χ0v) is 13.7. The number of hydrogen-bond donors (Lipinski definition) is 2. The maximum atomic E-state index is 12.3. The van der Waals surface area contributed by atoms with Crippen molar-refractivity contribution >= 4 is 28.3 Å². The summed E-state index contributed by atoms with van der Waals surface area (Å²) in [4.78, 5) is 12.3. The number of hydrogen-bond acceptors (Lipinski definition) is 4. The summed E-state index contributed by atoms with van der Waals surface area (Å²) in [5, 5.41) is 12.3. The van der Waals surface area contributed by atoms with E-state index in [4.69, 9.17) is 4.52 Å². The van der Waals surface area contributed by atoms with E-state index in [1.165, 1.54) is 21.9 Å². The Morgan fingerprint density at radius 1 is 1.21 bits per heavy atom. The molecule has 3 aromatic rings. The molecule has 1 aliphatic rings. The van der Waals surface area contributed by atoms with Crippen molar-refractivity contribution in [2.24, 2.45) is 0 Å². The van der Waals surface area contributed by atoms with Crippen LogP contribution < -0.4 is 10.6 Å². The number of benzene rings is 2. The molecule has 0 radical (unpaired) electrons. The summed E-state index contributed by atoms with van der Waals surface area (Å²) in [6, 6.07) is 11.9. The average Bonchev–Trinajstić information content (AvgIpc) is 3.17. The van der Waals surface area contributed by atoms with E-state index in [9.17, 15) is 4.79 Å². The van der Waals surface area contributed by atoms with Gasteiger partial charge in [-0.15, -0.1) is 0 Å². The number of rotatable bonds is 4. The first-order chi connectivity index (χ1) is 11.6. The maximum Gasteiger partial charge on any atom is 0.248 e. The Hall–Kier alpha value is -2.82. The van der Waals surface area contributed by atoms with Gasteiger partial charge in [0.25, 0.3) is 0 Å². The molecule has 1 aromatic heterocycles. The van der Waals surface area contributed by atoms with Gasteiger partial charge in [-0.3, -0.25) is 10.1 Å². The minimum Gasteiger partial charge on any atom is -0.373 e. The number of anilines is 2. The van der Waals surface area contributed by atoms with E-state index in [1.807, 2.05) is 13.8 Å². The van der Waals surface area contributed by atoms with Crippen molar-refractivity contribution in [2.45, 2.75) is 32.7 Å². The SMILES string of the molecule is Cc1cc(NC(=O)C(C)Nc2ccc3c4c(cccc24)CC3)on1. The van der Waals surface area contributed by atoms with Crippen LogP contribution in [0.5, 0.6) is 0 Å². The van der Waals surface area contributed by atoms with Crippen molar-refractivity contribution in [1.29, 1.82) is 0 Å². The summed E-state index contributed by atoms with van der Waals surface area (Å²) in [7, 11) is 0. The van der Waals surface area contributed by atoms with Crippen molar-refractivity contribution in [3.8, 4) is 0 Å². The maximum absolute atomic E-state index is 12.3. The number of carbonyl (C=O) groups is 1. The fraction of sp³-hybridized carbons (Fsp3) is 0.263. The number of aryl methyl sites for hydroxylation is 3. The monoisotopic (exact) mass is 321 g/mol. The molecular weight excluding hydrogens is 302 g/mol. The van der Waals surface area contributed by atoms with Gasteiger partial charge < -0.3 is 9.84 Å². The quantitative estimate of drug-likeness (QED) is 0.769. The zero-order valence-electron chi connectivity index (χ0n) is 13.7.